The van der Waals surface area contributed by atoms with Crippen LogP contribution in [-0.2, 0) is 18.9 Å². The van der Waals surface area contributed by atoms with Crippen LogP contribution in [0.15, 0.2) is 4.99 Å². The van der Waals surface area contributed by atoms with Crippen molar-refractivity contribution < 1.29 is 59.8 Å². The van der Waals surface area contributed by atoms with Crippen LogP contribution in [0.4, 0.5) is 0 Å². The van der Waals surface area contributed by atoms with E-state index in [2.05, 4.69) is 4.99 Å². The van der Waals surface area contributed by atoms with Crippen molar-refractivity contribution in [2.75, 3.05) is 26.9 Å². The quantitative estimate of drug-likeness (QED) is 0.114. The second kappa shape index (κ2) is 13.6. The van der Waals surface area contributed by atoms with Crippen molar-refractivity contribution in [2.45, 2.75) is 85.6 Å². The first-order valence-corrected chi connectivity index (χ1v) is 11.1. The smallest absolute Gasteiger partial charge is 0.176 e. The first-order valence-electron chi connectivity index (χ1n) is 11.1. The van der Waals surface area contributed by atoms with E-state index in [4.69, 9.17) is 36.1 Å². The van der Waals surface area contributed by atoms with Gasteiger partial charge in [-0.2, -0.15) is 0 Å². The van der Waals surface area contributed by atoms with Gasteiger partial charge in [0.25, 0.3) is 0 Å². The first kappa shape index (κ1) is 30.3. The van der Waals surface area contributed by atoms with Gasteiger partial charge in [0.1, 0.15) is 54.9 Å². The Labute approximate surface area is 201 Å². The Kier molecular flexibility index (Phi) is 11.7. The number of aliphatic hydroxyl groups is 8. The fourth-order valence-corrected chi connectivity index (χ4v) is 3.90. The lowest BCUT2D eigenvalue weighted by Crippen LogP contribution is -2.68. The molecule has 2 aliphatic rings. The second-order valence-electron chi connectivity index (χ2n) is 8.50. The lowest BCUT2D eigenvalue weighted by molar-refractivity contribution is -0.338. The molecule has 2 saturated heterocycles. The molecule has 0 amide bonds. The molecule has 0 spiro atoms. The third-order valence-corrected chi connectivity index (χ3v) is 6.03. The van der Waals surface area contributed by atoms with Crippen molar-refractivity contribution >= 4 is 6.21 Å². The van der Waals surface area contributed by atoms with Crippen LogP contribution in [0.1, 0.15) is 0 Å². The molecule has 6 unspecified atom stereocenters. The Bertz CT molecular complexity index is 661. The summed E-state index contributed by atoms with van der Waals surface area (Å²) in [6.45, 7) is -2.19. The van der Waals surface area contributed by atoms with Crippen molar-refractivity contribution in [3.8, 4) is 0 Å². The first-order chi connectivity index (χ1) is 16.5. The molecule has 2 aliphatic heterocycles. The van der Waals surface area contributed by atoms with Gasteiger partial charge in [0, 0.05) is 13.3 Å². The topological polar surface area (TPSA) is 289 Å². The average molecular weight is 515 g/mol. The second-order valence-corrected chi connectivity index (χ2v) is 8.50. The summed E-state index contributed by atoms with van der Waals surface area (Å²) in [4.78, 5) is 3.69. The summed E-state index contributed by atoms with van der Waals surface area (Å²) in [6.07, 6.45) is -14.9. The van der Waals surface area contributed by atoms with E-state index in [1.165, 1.54) is 13.3 Å². The third kappa shape index (κ3) is 6.89. The lowest BCUT2D eigenvalue weighted by atomic mass is 9.95. The maximum Gasteiger partial charge on any atom is 0.176 e. The molecule has 35 heavy (non-hydrogen) atoms. The Morgan fingerprint density at radius 2 is 1.49 bits per heavy atom. The number of aliphatic imine (C=N–C) groups is 1. The van der Waals surface area contributed by atoms with Crippen LogP contribution in [0, 0.1) is 0 Å². The molecular weight excluding hydrogens is 476 g/mol. The van der Waals surface area contributed by atoms with Crippen molar-refractivity contribution in [3.05, 3.63) is 0 Å². The molecule has 206 valence electrons. The Hall–Kier alpha value is -0.930. The number of rotatable bonds is 11. The Morgan fingerprint density at radius 3 is 2.03 bits per heavy atom. The molecule has 2 heterocycles. The Balaban J connectivity index is 2.18. The van der Waals surface area contributed by atoms with E-state index in [1.807, 2.05) is 0 Å². The van der Waals surface area contributed by atoms with Gasteiger partial charge in [0.2, 0.25) is 0 Å². The van der Waals surface area contributed by atoms with Gasteiger partial charge in [-0.05, 0) is 0 Å². The monoisotopic (exact) mass is 514 g/mol. The van der Waals surface area contributed by atoms with Gasteiger partial charge in [0.05, 0.1) is 37.9 Å². The summed E-state index contributed by atoms with van der Waals surface area (Å²) in [6, 6.07) is -3.75. The van der Waals surface area contributed by atoms with Crippen molar-refractivity contribution in [1.82, 2.24) is 0 Å². The highest BCUT2D eigenvalue weighted by molar-refractivity contribution is 5.64. The van der Waals surface area contributed by atoms with Crippen LogP contribution >= 0.6 is 0 Å². The van der Waals surface area contributed by atoms with Gasteiger partial charge in [-0.3, -0.25) is 4.99 Å². The molecular formula is C19H38N4O12. The number of nitrogens with zero attached hydrogens (tertiary/aromatic N) is 1. The number of nitrogens with two attached hydrogens (primary N) is 3. The molecule has 0 bridgehead atoms. The number of hydrogen-bond donors (Lipinski definition) is 11. The standard InChI is InChI=1S/C19H38N4O12/c1-23-2-6(20)12(28)16(7(27)3-24)34-19-11(22)15(31)17(9(5-26)33-19)35-18-10(21)14(30)13(29)8(4-25)32-18/h2,6-19,24-31H,3-5,20-22H2,1H3/t6?,7?,8?,9?,10?,11?,12-,13-,14-,15-,16-,17-,18+,19+/m1/s1. The van der Waals surface area contributed by atoms with E-state index in [0.29, 0.717) is 0 Å². The minimum Gasteiger partial charge on any atom is -0.394 e. The SMILES string of the molecule is CN=CC(N)[C@@H](O)[C@H](O[C@@H]1OC(CO)[C@@H](O[C@@H]2OC(CO)[C@@H](O)[C@H](O)C2N)[C@H](O)C1N)C(O)CO. The van der Waals surface area contributed by atoms with Crippen LogP contribution in [0.25, 0.3) is 0 Å². The summed E-state index contributed by atoms with van der Waals surface area (Å²) in [5.74, 6) is 0. The van der Waals surface area contributed by atoms with E-state index in [0.717, 1.165) is 0 Å². The molecule has 0 radical (unpaired) electrons. The van der Waals surface area contributed by atoms with E-state index in [-0.39, 0.29) is 0 Å². The number of ether oxygens (including phenoxy) is 4. The molecule has 0 aliphatic carbocycles. The highest BCUT2D eigenvalue weighted by Gasteiger charge is 2.50. The summed E-state index contributed by atoms with van der Waals surface area (Å²) in [5.41, 5.74) is 17.7. The summed E-state index contributed by atoms with van der Waals surface area (Å²) < 4.78 is 22.2. The van der Waals surface area contributed by atoms with Gasteiger partial charge in [0.15, 0.2) is 12.6 Å². The van der Waals surface area contributed by atoms with Crippen molar-refractivity contribution in [2.24, 2.45) is 22.2 Å². The molecule has 14 atom stereocenters. The number of hydrogen-bond acceptors (Lipinski definition) is 16. The fourth-order valence-electron chi connectivity index (χ4n) is 3.90. The van der Waals surface area contributed by atoms with Gasteiger partial charge in [-0.25, -0.2) is 0 Å². The summed E-state index contributed by atoms with van der Waals surface area (Å²) in [7, 11) is 1.41. The maximum absolute atomic E-state index is 10.8. The molecule has 16 nitrogen and oxygen atoms in total. The van der Waals surface area contributed by atoms with E-state index in [1.54, 1.807) is 0 Å². The van der Waals surface area contributed by atoms with Crippen molar-refractivity contribution in [3.63, 3.8) is 0 Å². The minimum atomic E-state index is -1.62. The van der Waals surface area contributed by atoms with Gasteiger partial charge < -0.3 is 77.0 Å². The normalized spacial score (nSPS) is 42.1. The summed E-state index contributed by atoms with van der Waals surface area (Å²) >= 11 is 0. The van der Waals surface area contributed by atoms with E-state index in [9.17, 15) is 40.9 Å². The van der Waals surface area contributed by atoms with Crippen LogP contribution in [0.2, 0.25) is 0 Å². The van der Waals surface area contributed by atoms with Crippen LogP contribution < -0.4 is 17.2 Å². The van der Waals surface area contributed by atoms with E-state index < -0.39 is 105 Å². The molecule has 14 N–H and O–H groups in total. The van der Waals surface area contributed by atoms with Crippen LogP contribution in [-0.4, -0.2) is 160 Å². The zero-order chi connectivity index (χ0) is 26.4. The molecule has 0 aromatic rings. The van der Waals surface area contributed by atoms with Crippen LogP contribution in [0.3, 0.4) is 0 Å². The molecule has 2 rings (SSSR count). The zero-order valence-electron chi connectivity index (χ0n) is 19.2. The zero-order valence-corrected chi connectivity index (χ0v) is 19.2. The predicted octanol–water partition coefficient (Wildman–Crippen LogP) is -7.33. The Morgan fingerprint density at radius 1 is 0.914 bits per heavy atom. The highest BCUT2D eigenvalue weighted by atomic mass is 16.7. The van der Waals surface area contributed by atoms with Crippen molar-refractivity contribution in [1.29, 1.82) is 0 Å². The largest absolute Gasteiger partial charge is 0.394 e. The fraction of sp³-hybridized carbons (Fsp3) is 0.947. The lowest BCUT2D eigenvalue weighted by Gasteiger charge is -2.47. The molecule has 0 saturated carbocycles. The van der Waals surface area contributed by atoms with Crippen LogP contribution in [0.5, 0.6) is 0 Å². The highest BCUT2D eigenvalue weighted by Crippen LogP contribution is 2.29. The third-order valence-electron chi connectivity index (χ3n) is 6.03. The van der Waals surface area contributed by atoms with Gasteiger partial charge >= 0.3 is 0 Å². The van der Waals surface area contributed by atoms with E-state index >= 15 is 0 Å². The molecule has 0 aromatic carbocycles. The average Bonchev–Trinajstić information content (AvgIpc) is 2.85. The predicted molar refractivity (Wildman–Crippen MR) is 117 cm³/mol. The molecule has 2 fully saturated rings. The number of aliphatic hydroxyl groups excluding tert-OH is 8. The van der Waals surface area contributed by atoms with Gasteiger partial charge in [-0.15, -0.1) is 0 Å². The maximum atomic E-state index is 10.8. The minimum absolute atomic E-state index is 0.658. The summed E-state index contributed by atoms with van der Waals surface area (Å²) in [5, 5.41) is 80.0. The molecule has 16 heteroatoms. The van der Waals surface area contributed by atoms with Gasteiger partial charge in [-0.1, -0.05) is 0 Å². The molecule has 0 aromatic heterocycles.